The highest BCUT2D eigenvalue weighted by atomic mass is 19.4. The third-order valence-electron chi connectivity index (χ3n) is 7.36. The number of amides is 1. The zero-order valence-corrected chi connectivity index (χ0v) is 19.8. The van der Waals surface area contributed by atoms with Gasteiger partial charge in [0.15, 0.2) is 0 Å². The molecule has 3 heterocycles. The number of aromatic nitrogens is 1. The maximum atomic E-state index is 13.8. The van der Waals surface area contributed by atoms with Gasteiger partial charge in [-0.25, -0.2) is 0 Å². The third kappa shape index (κ3) is 5.40. The van der Waals surface area contributed by atoms with E-state index >= 15 is 0 Å². The second-order valence-electron chi connectivity index (χ2n) is 9.57. The van der Waals surface area contributed by atoms with Gasteiger partial charge in [0.05, 0.1) is 30.3 Å². The van der Waals surface area contributed by atoms with E-state index in [9.17, 15) is 18.0 Å². The molecule has 34 heavy (non-hydrogen) atoms. The largest absolute Gasteiger partial charge is 0.417 e. The predicted octanol–water partition coefficient (Wildman–Crippen LogP) is 2.95. The summed E-state index contributed by atoms with van der Waals surface area (Å²) >= 11 is 0. The Morgan fingerprint density at radius 1 is 1.38 bits per heavy atom. The molecule has 190 valence electrons. The summed E-state index contributed by atoms with van der Waals surface area (Å²) in [6, 6.07) is 1.43. The first-order valence-electron chi connectivity index (χ1n) is 12.0. The summed E-state index contributed by atoms with van der Waals surface area (Å²) < 4.78 is 56.4. The second kappa shape index (κ2) is 10.5. The van der Waals surface area contributed by atoms with E-state index < -0.39 is 17.2 Å². The minimum Gasteiger partial charge on any atom is -0.381 e. The van der Waals surface area contributed by atoms with Crippen molar-refractivity contribution in [2.24, 2.45) is 5.41 Å². The molecule has 0 bridgehead atoms. The molecule has 1 N–H and O–H groups in total. The van der Waals surface area contributed by atoms with Gasteiger partial charge in [0.25, 0.3) is 0 Å². The lowest BCUT2D eigenvalue weighted by Gasteiger charge is -2.37. The number of carbonyl (C=O) groups is 1. The van der Waals surface area contributed by atoms with Gasteiger partial charge in [-0.1, -0.05) is 0 Å². The molecule has 2 fully saturated rings. The lowest BCUT2D eigenvalue weighted by Crippen LogP contribution is -2.52. The number of hydrogen-bond donors (Lipinski definition) is 1. The van der Waals surface area contributed by atoms with E-state index in [4.69, 9.17) is 14.2 Å². The fraction of sp³-hybridized carbons (Fsp3) is 0.750. The highest BCUT2D eigenvalue weighted by Crippen LogP contribution is 2.42. The summed E-state index contributed by atoms with van der Waals surface area (Å²) in [7, 11) is 1.68. The summed E-state index contributed by atoms with van der Waals surface area (Å²) in [5.41, 5.74) is -0.363. The molecule has 1 saturated heterocycles. The summed E-state index contributed by atoms with van der Waals surface area (Å²) in [5, 5.41) is 3.68. The zero-order valence-electron chi connectivity index (χ0n) is 19.8. The van der Waals surface area contributed by atoms with Crippen LogP contribution in [0.4, 0.5) is 13.2 Å². The topological polar surface area (TPSA) is 72.9 Å². The molecule has 1 aromatic rings. The molecule has 1 aromatic heterocycles. The van der Waals surface area contributed by atoms with Crippen LogP contribution in [0.1, 0.15) is 49.4 Å². The van der Waals surface area contributed by atoms with Crippen LogP contribution in [-0.2, 0) is 38.1 Å². The van der Waals surface area contributed by atoms with Gasteiger partial charge in [-0.15, -0.1) is 0 Å². The number of carbonyl (C=O) groups excluding carboxylic acids is 1. The number of pyridine rings is 1. The normalized spacial score (nSPS) is 29.8. The van der Waals surface area contributed by atoms with Crippen LogP contribution in [-0.4, -0.2) is 74.1 Å². The van der Waals surface area contributed by atoms with Crippen LogP contribution in [0, 0.1) is 5.41 Å². The number of rotatable bonds is 7. The van der Waals surface area contributed by atoms with E-state index in [0.717, 1.165) is 25.1 Å². The molecule has 0 spiro atoms. The molecule has 7 nitrogen and oxygen atoms in total. The van der Waals surface area contributed by atoms with E-state index in [1.54, 1.807) is 12.0 Å². The number of nitrogens with one attached hydrogen (secondary N) is 1. The molecule has 1 amide bonds. The van der Waals surface area contributed by atoms with Crippen molar-refractivity contribution in [2.45, 2.75) is 69.9 Å². The summed E-state index contributed by atoms with van der Waals surface area (Å²) in [5.74, 6) is -0.0384. The first-order chi connectivity index (χ1) is 16.3. The molecule has 4 unspecified atom stereocenters. The predicted molar refractivity (Wildman–Crippen MR) is 118 cm³/mol. The smallest absolute Gasteiger partial charge is 0.381 e. The van der Waals surface area contributed by atoms with Gasteiger partial charge in [0.1, 0.15) is 0 Å². The van der Waals surface area contributed by atoms with Crippen molar-refractivity contribution >= 4 is 5.91 Å². The molecular weight excluding hydrogens is 451 g/mol. The van der Waals surface area contributed by atoms with Crippen molar-refractivity contribution in [3.8, 4) is 0 Å². The summed E-state index contributed by atoms with van der Waals surface area (Å²) in [6.45, 7) is 4.52. The fourth-order valence-electron chi connectivity index (χ4n) is 5.48. The molecule has 4 atom stereocenters. The van der Waals surface area contributed by atoms with Gasteiger partial charge in [0.2, 0.25) is 5.91 Å². The Labute approximate surface area is 198 Å². The molecule has 1 saturated carbocycles. The molecule has 4 rings (SSSR count). The van der Waals surface area contributed by atoms with E-state index in [-0.39, 0.29) is 30.6 Å². The fourth-order valence-corrected chi connectivity index (χ4v) is 5.48. The number of fused-ring (bicyclic) bond motifs is 1. The average molecular weight is 486 g/mol. The van der Waals surface area contributed by atoms with E-state index in [2.05, 4.69) is 10.3 Å². The molecule has 0 radical (unpaired) electrons. The van der Waals surface area contributed by atoms with Crippen LogP contribution < -0.4 is 5.32 Å². The minimum absolute atomic E-state index is 0.0275. The van der Waals surface area contributed by atoms with Crippen LogP contribution in [0.25, 0.3) is 0 Å². The van der Waals surface area contributed by atoms with Gasteiger partial charge in [-0.2, -0.15) is 13.2 Å². The van der Waals surface area contributed by atoms with Crippen LogP contribution >= 0.6 is 0 Å². The molecule has 10 heteroatoms. The van der Waals surface area contributed by atoms with Crippen LogP contribution in [0.3, 0.4) is 0 Å². The van der Waals surface area contributed by atoms with Gasteiger partial charge in [-0.3, -0.25) is 9.78 Å². The molecule has 0 aromatic carbocycles. The Morgan fingerprint density at radius 3 is 2.94 bits per heavy atom. The Hall–Kier alpha value is -1.75. The van der Waals surface area contributed by atoms with Gasteiger partial charge in [0, 0.05) is 63.8 Å². The van der Waals surface area contributed by atoms with Gasteiger partial charge >= 0.3 is 6.18 Å². The number of hydrogen-bond acceptors (Lipinski definition) is 6. The summed E-state index contributed by atoms with van der Waals surface area (Å²) in [4.78, 5) is 19.5. The number of ether oxygens (including phenoxy) is 3. The Morgan fingerprint density at radius 2 is 2.21 bits per heavy atom. The number of nitrogens with zero attached hydrogens (tertiary/aromatic N) is 2. The summed E-state index contributed by atoms with van der Waals surface area (Å²) in [6.07, 6.45) is -0.180. The number of halogens is 3. The van der Waals surface area contributed by atoms with Crippen LogP contribution in [0.2, 0.25) is 0 Å². The number of alkyl halides is 3. The van der Waals surface area contributed by atoms with E-state index in [1.165, 1.54) is 0 Å². The third-order valence-corrected chi connectivity index (χ3v) is 7.36. The maximum Gasteiger partial charge on any atom is 0.417 e. The monoisotopic (exact) mass is 485 g/mol. The highest BCUT2D eigenvalue weighted by molar-refractivity contribution is 5.83. The minimum atomic E-state index is -4.46. The van der Waals surface area contributed by atoms with Crippen molar-refractivity contribution in [3.05, 3.63) is 29.1 Å². The first-order valence-corrected chi connectivity index (χ1v) is 12.0. The highest BCUT2D eigenvalue weighted by Gasteiger charge is 2.48. The van der Waals surface area contributed by atoms with Crippen molar-refractivity contribution in [3.63, 3.8) is 0 Å². The van der Waals surface area contributed by atoms with Crippen molar-refractivity contribution in [1.82, 2.24) is 15.2 Å². The Bertz CT molecular complexity index is 868. The molecule has 2 aliphatic heterocycles. The SMILES string of the molecule is CCOCC1(C(=O)N2CCc3ncc(C(F)(F)F)cc3C2)CCC(NC2CCOCC2OC)C1. The van der Waals surface area contributed by atoms with Crippen molar-refractivity contribution in [1.29, 1.82) is 0 Å². The lowest BCUT2D eigenvalue weighted by atomic mass is 9.84. The number of methoxy groups -OCH3 is 1. The molecular formula is C24H34F3N3O4. The van der Waals surface area contributed by atoms with E-state index in [1.807, 2.05) is 6.92 Å². The Balaban J connectivity index is 1.48. The second-order valence-corrected chi connectivity index (χ2v) is 9.57. The average Bonchev–Trinajstić information content (AvgIpc) is 3.25. The Kier molecular flexibility index (Phi) is 7.81. The molecule has 1 aliphatic carbocycles. The van der Waals surface area contributed by atoms with Crippen molar-refractivity contribution in [2.75, 3.05) is 40.1 Å². The zero-order chi connectivity index (χ0) is 24.3. The maximum absolute atomic E-state index is 13.8. The first kappa shape index (κ1) is 25.3. The van der Waals surface area contributed by atoms with Crippen LogP contribution in [0.5, 0.6) is 0 Å². The standard InChI is InChI=1S/C24H34F3N3O4/c1-3-33-15-23(7-4-18(11-23)29-20-6-9-34-14-21(20)32-2)22(31)30-8-5-19-16(13-30)10-17(12-28-19)24(25,26)27/h10,12,18,20-21,29H,3-9,11,13-15H2,1-2H3. The van der Waals surface area contributed by atoms with E-state index in [0.29, 0.717) is 63.5 Å². The van der Waals surface area contributed by atoms with Gasteiger partial charge in [-0.05, 0) is 44.2 Å². The van der Waals surface area contributed by atoms with Crippen LogP contribution in [0.15, 0.2) is 12.3 Å². The molecule has 3 aliphatic rings. The quantitative estimate of drug-likeness (QED) is 0.640. The van der Waals surface area contributed by atoms with Crippen molar-refractivity contribution < 1.29 is 32.2 Å². The lowest BCUT2D eigenvalue weighted by molar-refractivity contribution is -0.147. The van der Waals surface area contributed by atoms with Gasteiger partial charge < -0.3 is 24.4 Å².